The van der Waals surface area contributed by atoms with Gasteiger partial charge in [-0.15, -0.1) is 0 Å². The minimum atomic E-state index is -4.94. The second kappa shape index (κ2) is 8.82. The zero-order valence-electron chi connectivity index (χ0n) is 18.6. The molecule has 7 nitrogen and oxygen atoms in total. The lowest BCUT2D eigenvalue weighted by molar-refractivity contribution is -0.138. The molecule has 2 aromatic carbocycles. The number of aliphatic hydroxyl groups excluding tert-OH is 1. The Morgan fingerprint density at radius 3 is 2.44 bits per heavy atom. The van der Waals surface area contributed by atoms with Crippen LogP contribution < -0.4 is 11.1 Å². The maximum Gasteiger partial charge on any atom is 0.416 e. The van der Waals surface area contributed by atoms with Crippen molar-refractivity contribution in [3.8, 4) is 11.1 Å². The zero-order chi connectivity index (χ0) is 26.5. The molecule has 2 heterocycles. The molecule has 1 unspecified atom stereocenters. The summed E-state index contributed by atoms with van der Waals surface area (Å²) in [7, 11) is 1.62. The molecule has 0 radical (unpaired) electrons. The Hall–Kier alpha value is -4.13. The molecular formula is C23H17F6N5O2. The van der Waals surface area contributed by atoms with Crippen molar-refractivity contribution in [2.45, 2.75) is 19.2 Å². The van der Waals surface area contributed by atoms with Gasteiger partial charge in [-0.25, -0.2) is 23.1 Å². The highest BCUT2D eigenvalue weighted by Crippen LogP contribution is 2.37. The van der Waals surface area contributed by atoms with Gasteiger partial charge in [-0.3, -0.25) is 4.79 Å². The second-order valence-electron chi connectivity index (χ2n) is 7.96. The zero-order valence-corrected chi connectivity index (χ0v) is 18.6. The first-order chi connectivity index (χ1) is 16.8. The van der Waals surface area contributed by atoms with Crippen molar-refractivity contribution in [3.63, 3.8) is 0 Å². The van der Waals surface area contributed by atoms with Gasteiger partial charge < -0.3 is 20.7 Å². The van der Waals surface area contributed by atoms with Gasteiger partial charge in [0.1, 0.15) is 23.1 Å². The van der Waals surface area contributed by atoms with Gasteiger partial charge in [-0.2, -0.15) is 13.2 Å². The highest BCUT2D eigenvalue weighted by molar-refractivity contribution is 6.01. The summed E-state index contributed by atoms with van der Waals surface area (Å²) in [6.45, 7) is 1.61. The van der Waals surface area contributed by atoms with Crippen molar-refractivity contribution >= 4 is 28.4 Å². The number of fused-ring (bicyclic) bond motifs is 1. The standard InChI is InChI=1S/C23H17F6N5O2/c1-9-31-20(30)16-14(8-34(2)21(16)32-9)13-3-4-15(18(26)17(13)25)33-22(36)19(35)10-5-11(23(27,28)29)7-12(24)6-10/h3-8,19,35H,1-2H3,(H,33,36)(H2,30,31,32). The lowest BCUT2D eigenvalue weighted by atomic mass is 10.0. The minimum absolute atomic E-state index is 0.0433. The van der Waals surface area contributed by atoms with Crippen LogP contribution in [0.25, 0.3) is 22.2 Å². The van der Waals surface area contributed by atoms with Gasteiger partial charge in [0, 0.05) is 24.4 Å². The Morgan fingerprint density at radius 2 is 1.78 bits per heavy atom. The third-order valence-corrected chi connectivity index (χ3v) is 5.40. The third kappa shape index (κ3) is 4.44. The van der Waals surface area contributed by atoms with Gasteiger partial charge in [0.15, 0.2) is 17.7 Å². The van der Waals surface area contributed by atoms with Crippen LogP contribution >= 0.6 is 0 Å². The molecule has 2 aromatic heterocycles. The fourth-order valence-electron chi connectivity index (χ4n) is 3.76. The Bertz CT molecular complexity index is 1520. The summed E-state index contributed by atoms with van der Waals surface area (Å²) in [5.41, 5.74) is 3.44. The van der Waals surface area contributed by atoms with Crippen molar-refractivity contribution in [1.82, 2.24) is 14.5 Å². The van der Waals surface area contributed by atoms with Crippen molar-refractivity contribution in [1.29, 1.82) is 0 Å². The molecule has 13 heteroatoms. The number of benzene rings is 2. The third-order valence-electron chi connectivity index (χ3n) is 5.40. The fraction of sp³-hybridized carbons (Fsp3) is 0.174. The first-order valence-corrected chi connectivity index (χ1v) is 10.2. The number of aliphatic hydroxyl groups is 1. The molecule has 0 fully saturated rings. The van der Waals surface area contributed by atoms with Crippen LogP contribution in [0.4, 0.5) is 37.8 Å². The predicted molar refractivity (Wildman–Crippen MR) is 118 cm³/mol. The van der Waals surface area contributed by atoms with E-state index in [0.29, 0.717) is 23.6 Å². The smallest absolute Gasteiger partial charge is 0.383 e. The van der Waals surface area contributed by atoms with Gasteiger partial charge in [-0.05, 0) is 42.8 Å². The van der Waals surface area contributed by atoms with E-state index in [-0.39, 0.29) is 28.4 Å². The van der Waals surface area contributed by atoms with Crippen molar-refractivity contribution < 1.29 is 36.2 Å². The average molecular weight is 509 g/mol. The van der Waals surface area contributed by atoms with Crippen LogP contribution in [0, 0.1) is 24.4 Å². The van der Waals surface area contributed by atoms with Crippen molar-refractivity contribution in [3.05, 3.63) is 70.9 Å². The van der Waals surface area contributed by atoms with Crippen LogP contribution in [-0.2, 0) is 18.0 Å². The van der Waals surface area contributed by atoms with Gasteiger partial charge in [0.2, 0.25) is 0 Å². The highest BCUT2D eigenvalue weighted by atomic mass is 19.4. The molecule has 4 rings (SSSR count). The Labute approximate surface area is 199 Å². The molecule has 0 aliphatic heterocycles. The van der Waals surface area contributed by atoms with Gasteiger partial charge in [-0.1, -0.05) is 0 Å². The molecule has 36 heavy (non-hydrogen) atoms. The van der Waals surface area contributed by atoms with Crippen molar-refractivity contribution in [2.75, 3.05) is 11.1 Å². The number of aromatic nitrogens is 3. The summed E-state index contributed by atoms with van der Waals surface area (Å²) in [5.74, 6) is -5.22. The van der Waals surface area contributed by atoms with Gasteiger partial charge in [0.25, 0.3) is 5.91 Å². The molecule has 0 saturated carbocycles. The molecular weight excluding hydrogens is 492 g/mol. The number of nitrogens with zero attached hydrogens (tertiary/aromatic N) is 3. The molecule has 1 atom stereocenters. The maximum absolute atomic E-state index is 15.1. The van der Waals surface area contributed by atoms with E-state index in [1.807, 2.05) is 5.32 Å². The SMILES string of the molecule is Cc1nc(N)c2c(-c3ccc(NC(=O)C(O)c4cc(F)cc(C(F)(F)F)c4)c(F)c3F)cn(C)c2n1. The van der Waals surface area contributed by atoms with Crippen LogP contribution in [0.5, 0.6) is 0 Å². The minimum Gasteiger partial charge on any atom is -0.383 e. The van der Waals surface area contributed by atoms with E-state index in [2.05, 4.69) is 9.97 Å². The fourth-order valence-corrected chi connectivity index (χ4v) is 3.76. The lowest BCUT2D eigenvalue weighted by Gasteiger charge is -2.15. The van der Waals surface area contributed by atoms with Gasteiger partial charge in [0.05, 0.1) is 16.6 Å². The highest BCUT2D eigenvalue weighted by Gasteiger charge is 2.33. The monoisotopic (exact) mass is 509 g/mol. The number of hydrogen-bond donors (Lipinski definition) is 3. The van der Waals surface area contributed by atoms with Crippen LogP contribution in [0.1, 0.15) is 23.1 Å². The maximum atomic E-state index is 15.1. The van der Waals surface area contributed by atoms with E-state index >= 15 is 4.39 Å². The normalized spacial score (nSPS) is 12.7. The first-order valence-electron chi connectivity index (χ1n) is 10.2. The number of rotatable bonds is 4. The molecule has 0 aliphatic rings. The van der Waals surface area contributed by atoms with Gasteiger partial charge >= 0.3 is 6.18 Å². The Balaban J connectivity index is 1.67. The van der Waals surface area contributed by atoms with E-state index in [0.717, 1.165) is 12.1 Å². The molecule has 0 spiro atoms. The quantitative estimate of drug-likeness (QED) is 0.348. The van der Waals surface area contributed by atoms with E-state index in [9.17, 15) is 31.9 Å². The number of nitrogen functional groups attached to an aromatic ring is 1. The largest absolute Gasteiger partial charge is 0.416 e. The van der Waals surface area contributed by atoms with Crippen LogP contribution in [0.15, 0.2) is 36.5 Å². The molecule has 1 amide bonds. The number of alkyl halides is 3. The lowest BCUT2D eigenvalue weighted by Crippen LogP contribution is -2.22. The number of carbonyl (C=O) groups is 1. The number of anilines is 2. The average Bonchev–Trinajstić information content (AvgIpc) is 3.11. The summed E-state index contributed by atoms with van der Waals surface area (Å²) in [6.07, 6.45) is -5.77. The number of halogens is 6. The summed E-state index contributed by atoms with van der Waals surface area (Å²) in [6, 6.07) is 3.22. The van der Waals surface area contributed by atoms with E-state index in [1.54, 1.807) is 18.5 Å². The summed E-state index contributed by atoms with van der Waals surface area (Å²) in [4.78, 5) is 20.6. The summed E-state index contributed by atoms with van der Waals surface area (Å²) >= 11 is 0. The van der Waals surface area contributed by atoms with Crippen LogP contribution in [0.3, 0.4) is 0 Å². The first kappa shape index (κ1) is 25.0. The number of amides is 1. The predicted octanol–water partition coefficient (Wildman–Crippen LogP) is 4.63. The number of carbonyl (C=O) groups excluding carboxylic acids is 1. The number of aryl methyl sites for hydroxylation is 2. The molecule has 0 bridgehead atoms. The topological polar surface area (TPSA) is 106 Å². The Morgan fingerprint density at radius 1 is 1.08 bits per heavy atom. The number of hydrogen-bond acceptors (Lipinski definition) is 5. The van der Waals surface area contributed by atoms with Crippen LogP contribution in [0.2, 0.25) is 0 Å². The molecule has 4 N–H and O–H groups in total. The second-order valence-corrected chi connectivity index (χ2v) is 7.96. The molecule has 0 saturated heterocycles. The van der Waals surface area contributed by atoms with E-state index < -0.39 is 52.5 Å². The van der Waals surface area contributed by atoms with E-state index in [1.165, 1.54) is 6.20 Å². The van der Waals surface area contributed by atoms with E-state index in [4.69, 9.17) is 5.73 Å². The molecule has 0 aliphatic carbocycles. The summed E-state index contributed by atoms with van der Waals surface area (Å²) in [5, 5.41) is 12.3. The molecule has 188 valence electrons. The number of nitrogens with two attached hydrogens (primary N) is 1. The van der Waals surface area contributed by atoms with Crippen molar-refractivity contribution in [2.24, 2.45) is 7.05 Å². The van der Waals surface area contributed by atoms with Crippen LogP contribution in [-0.4, -0.2) is 25.5 Å². The molecule has 4 aromatic rings. The summed E-state index contributed by atoms with van der Waals surface area (Å²) < 4.78 is 83.9. The Kier molecular flexibility index (Phi) is 6.12. The number of nitrogens with one attached hydrogen (secondary N) is 1.